The van der Waals surface area contributed by atoms with Crippen molar-refractivity contribution in [3.8, 4) is 0 Å². The van der Waals surface area contributed by atoms with Crippen LogP contribution in [0.15, 0.2) is 6.07 Å². The number of aliphatic carboxylic acids is 1. The van der Waals surface area contributed by atoms with Crippen molar-refractivity contribution in [1.29, 1.82) is 0 Å². The molecule has 0 spiro atoms. The van der Waals surface area contributed by atoms with E-state index >= 15 is 0 Å². The van der Waals surface area contributed by atoms with Crippen molar-refractivity contribution < 1.29 is 9.90 Å². The number of piperidine rings is 1. The molecule has 0 unspecified atom stereocenters. The van der Waals surface area contributed by atoms with Gasteiger partial charge in [-0.05, 0) is 45.8 Å². The summed E-state index contributed by atoms with van der Waals surface area (Å²) in [7, 11) is 0. The molecule has 2 aliphatic heterocycles. The summed E-state index contributed by atoms with van der Waals surface area (Å²) < 4.78 is 2.06. The first-order valence-corrected chi connectivity index (χ1v) is 9.19. The van der Waals surface area contributed by atoms with Crippen molar-refractivity contribution in [2.24, 2.45) is 0 Å². The maximum absolute atomic E-state index is 10.7. The van der Waals surface area contributed by atoms with Crippen molar-refractivity contribution in [3.05, 3.63) is 17.5 Å². The van der Waals surface area contributed by atoms with Gasteiger partial charge in [0.15, 0.2) is 0 Å². The Balaban J connectivity index is 1.59. The number of carbonyl (C=O) groups is 1. The minimum Gasteiger partial charge on any atom is -0.481 e. The third kappa shape index (κ3) is 4.16. The second-order valence-electron chi connectivity index (χ2n) is 7.81. The lowest BCUT2D eigenvalue weighted by Crippen LogP contribution is -2.54. The molecule has 1 N–H and O–H groups in total. The van der Waals surface area contributed by atoms with Crippen LogP contribution < -0.4 is 0 Å². The second kappa shape index (κ2) is 7.23. The molecule has 3 heterocycles. The highest BCUT2D eigenvalue weighted by molar-refractivity contribution is 5.66. The SMILES string of the molecule is CC(C)(CN1CCn2nc(CCC(=O)O)cc2C1)N1CCCCC1. The van der Waals surface area contributed by atoms with E-state index in [1.807, 2.05) is 0 Å². The van der Waals surface area contributed by atoms with E-state index in [0.717, 1.165) is 31.9 Å². The predicted molar refractivity (Wildman–Crippen MR) is 93.0 cm³/mol. The fraction of sp³-hybridized carbons (Fsp3) is 0.778. The number of carboxylic acids is 1. The van der Waals surface area contributed by atoms with Crippen LogP contribution in [0, 0.1) is 0 Å². The molecule has 134 valence electrons. The molecule has 0 aliphatic carbocycles. The second-order valence-corrected chi connectivity index (χ2v) is 7.81. The van der Waals surface area contributed by atoms with Gasteiger partial charge in [0.05, 0.1) is 24.4 Å². The van der Waals surface area contributed by atoms with E-state index in [0.29, 0.717) is 6.42 Å². The van der Waals surface area contributed by atoms with Crippen molar-refractivity contribution in [2.45, 2.75) is 64.6 Å². The monoisotopic (exact) mass is 334 g/mol. The third-order valence-electron chi connectivity index (χ3n) is 5.35. The molecule has 0 bridgehead atoms. The number of likely N-dealkylation sites (tertiary alicyclic amines) is 1. The Morgan fingerprint density at radius 3 is 2.67 bits per heavy atom. The Kier molecular flexibility index (Phi) is 5.25. The Morgan fingerprint density at radius 2 is 1.96 bits per heavy atom. The minimum absolute atomic E-state index is 0.155. The minimum atomic E-state index is -0.758. The molecular formula is C18H30N4O2. The quantitative estimate of drug-likeness (QED) is 0.862. The summed E-state index contributed by atoms with van der Waals surface area (Å²) in [5.41, 5.74) is 2.33. The van der Waals surface area contributed by atoms with E-state index < -0.39 is 5.97 Å². The van der Waals surface area contributed by atoms with Gasteiger partial charge >= 0.3 is 5.97 Å². The Morgan fingerprint density at radius 1 is 1.21 bits per heavy atom. The van der Waals surface area contributed by atoms with Crippen LogP contribution in [0.3, 0.4) is 0 Å². The van der Waals surface area contributed by atoms with Crippen LogP contribution in [0.1, 0.15) is 50.9 Å². The van der Waals surface area contributed by atoms with Gasteiger partial charge in [0.1, 0.15) is 0 Å². The van der Waals surface area contributed by atoms with Crippen LogP contribution >= 0.6 is 0 Å². The molecule has 2 aliphatic rings. The lowest BCUT2D eigenvalue weighted by Gasteiger charge is -2.44. The summed E-state index contributed by atoms with van der Waals surface area (Å²) in [5, 5.41) is 13.4. The zero-order valence-electron chi connectivity index (χ0n) is 15.0. The number of aryl methyl sites for hydroxylation is 1. The number of rotatable bonds is 6. The molecular weight excluding hydrogens is 304 g/mol. The van der Waals surface area contributed by atoms with Gasteiger partial charge in [-0.3, -0.25) is 19.3 Å². The number of hydrogen-bond acceptors (Lipinski definition) is 4. The summed E-state index contributed by atoms with van der Waals surface area (Å²) in [6.45, 7) is 11.1. The van der Waals surface area contributed by atoms with E-state index in [1.54, 1.807) is 0 Å². The van der Waals surface area contributed by atoms with E-state index in [2.05, 4.69) is 39.5 Å². The highest BCUT2D eigenvalue weighted by atomic mass is 16.4. The molecule has 0 atom stereocenters. The van der Waals surface area contributed by atoms with E-state index in [1.165, 1.54) is 38.0 Å². The molecule has 1 aromatic rings. The Bertz CT molecular complexity index is 576. The molecule has 3 rings (SSSR count). The van der Waals surface area contributed by atoms with Crippen LogP contribution in [0.5, 0.6) is 0 Å². The first-order valence-electron chi connectivity index (χ1n) is 9.19. The highest BCUT2D eigenvalue weighted by Crippen LogP contribution is 2.24. The van der Waals surface area contributed by atoms with E-state index in [9.17, 15) is 4.79 Å². The number of aromatic nitrogens is 2. The molecule has 6 nitrogen and oxygen atoms in total. The van der Waals surface area contributed by atoms with Gasteiger partial charge in [-0.1, -0.05) is 6.42 Å². The lowest BCUT2D eigenvalue weighted by molar-refractivity contribution is -0.136. The van der Waals surface area contributed by atoms with Crippen LogP contribution in [0.4, 0.5) is 0 Å². The van der Waals surface area contributed by atoms with Crippen molar-refractivity contribution in [3.63, 3.8) is 0 Å². The first kappa shape index (κ1) is 17.4. The average Bonchev–Trinajstić information content (AvgIpc) is 2.95. The smallest absolute Gasteiger partial charge is 0.303 e. The van der Waals surface area contributed by atoms with Gasteiger partial charge in [0.2, 0.25) is 0 Å². The standard InChI is InChI=1S/C18H30N4O2/c1-18(2,21-8-4-3-5-9-21)14-20-10-11-22-16(13-20)12-15(19-22)6-7-17(23)24/h12H,3-11,13-14H2,1-2H3,(H,23,24). The molecule has 0 amide bonds. The summed E-state index contributed by atoms with van der Waals surface area (Å²) in [6, 6.07) is 2.09. The van der Waals surface area contributed by atoms with Gasteiger partial charge in [0, 0.05) is 31.6 Å². The van der Waals surface area contributed by atoms with E-state index in [-0.39, 0.29) is 12.0 Å². The van der Waals surface area contributed by atoms with Gasteiger partial charge in [-0.15, -0.1) is 0 Å². The van der Waals surface area contributed by atoms with Gasteiger partial charge in [-0.2, -0.15) is 5.10 Å². The predicted octanol–water partition coefficient (Wildman–Crippen LogP) is 1.98. The zero-order valence-corrected chi connectivity index (χ0v) is 15.0. The molecule has 1 aromatic heterocycles. The summed E-state index contributed by atoms with van der Waals surface area (Å²) in [4.78, 5) is 15.9. The summed E-state index contributed by atoms with van der Waals surface area (Å²) in [5.74, 6) is -0.758. The maximum Gasteiger partial charge on any atom is 0.303 e. The largest absolute Gasteiger partial charge is 0.481 e. The fourth-order valence-corrected chi connectivity index (χ4v) is 4.02. The summed E-state index contributed by atoms with van der Waals surface area (Å²) in [6.07, 6.45) is 4.69. The lowest BCUT2D eigenvalue weighted by atomic mass is 9.97. The van der Waals surface area contributed by atoms with Crippen molar-refractivity contribution >= 4 is 5.97 Å². The number of hydrogen-bond donors (Lipinski definition) is 1. The topological polar surface area (TPSA) is 61.6 Å². The third-order valence-corrected chi connectivity index (χ3v) is 5.35. The van der Waals surface area contributed by atoms with E-state index in [4.69, 9.17) is 5.11 Å². The normalized spacial score (nSPS) is 20.1. The average molecular weight is 334 g/mol. The molecule has 1 fully saturated rings. The Hall–Kier alpha value is -1.40. The molecule has 0 radical (unpaired) electrons. The van der Waals surface area contributed by atoms with Crippen LogP contribution in [0.2, 0.25) is 0 Å². The number of carboxylic acid groups (broad SMARTS) is 1. The first-order chi connectivity index (χ1) is 11.4. The fourth-order valence-electron chi connectivity index (χ4n) is 4.02. The van der Waals surface area contributed by atoms with Gasteiger partial charge in [0.25, 0.3) is 0 Å². The molecule has 0 aromatic carbocycles. The summed E-state index contributed by atoms with van der Waals surface area (Å²) >= 11 is 0. The van der Waals surface area contributed by atoms with Crippen LogP contribution in [-0.4, -0.2) is 62.4 Å². The maximum atomic E-state index is 10.7. The number of nitrogens with zero attached hydrogens (tertiary/aromatic N) is 4. The molecule has 0 saturated carbocycles. The molecule has 1 saturated heterocycles. The van der Waals surface area contributed by atoms with Crippen LogP contribution in [0.25, 0.3) is 0 Å². The molecule has 6 heteroatoms. The van der Waals surface area contributed by atoms with Gasteiger partial charge in [-0.25, -0.2) is 0 Å². The highest BCUT2D eigenvalue weighted by Gasteiger charge is 2.31. The van der Waals surface area contributed by atoms with Gasteiger partial charge < -0.3 is 5.11 Å². The van der Waals surface area contributed by atoms with Crippen LogP contribution in [-0.2, 0) is 24.3 Å². The van der Waals surface area contributed by atoms with Crippen molar-refractivity contribution in [1.82, 2.24) is 19.6 Å². The Labute approximate surface area is 144 Å². The zero-order chi connectivity index (χ0) is 17.2. The number of fused-ring (bicyclic) bond motifs is 1. The molecule has 24 heavy (non-hydrogen) atoms. The van der Waals surface area contributed by atoms with Crippen molar-refractivity contribution in [2.75, 3.05) is 26.2 Å².